The lowest BCUT2D eigenvalue weighted by Crippen LogP contribution is -2.33. The lowest BCUT2D eigenvalue weighted by Gasteiger charge is -2.18. The molecule has 1 aliphatic rings. The Kier molecular flexibility index (Phi) is 5.21. The zero-order valence-corrected chi connectivity index (χ0v) is 11.3. The molecular weight excluding hydrogens is 238 g/mol. The second-order valence-corrected chi connectivity index (χ2v) is 5.30. The van der Waals surface area contributed by atoms with E-state index in [1.165, 1.54) is 25.7 Å². The van der Waals surface area contributed by atoms with Gasteiger partial charge in [-0.2, -0.15) is 0 Å². The molecule has 1 fully saturated rings. The fourth-order valence-corrected chi connectivity index (χ4v) is 2.79. The summed E-state index contributed by atoms with van der Waals surface area (Å²) < 4.78 is 0. The van der Waals surface area contributed by atoms with E-state index in [1.807, 2.05) is 30.3 Å². The van der Waals surface area contributed by atoms with Gasteiger partial charge in [-0.1, -0.05) is 48.3 Å². The van der Waals surface area contributed by atoms with E-state index in [0.717, 1.165) is 24.6 Å². The van der Waals surface area contributed by atoms with Gasteiger partial charge in [-0.25, -0.2) is 0 Å². The molecule has 0 radical (unpaired) electrons. The van der Waals surface area contributed by atoms with Gasteiger partial charge < -0.3 is 16.3 Å². The van der Waals surface area contributed by atoms with Crippen LogP contribution in [0.5, 0.6) is 0 Å². The van der Waals surface area contributed by atoms with E-state index in [-0.39, 0.29) is 11.8 Å². The molecular formula is C15H23N3O. The first-order valence-electron chi connectivity index (χ1n) is 7.04. The van der Waals surface area contributed by atoms with E-state index >= 15 is 0 Å². The van der Waals surface area contributed by atoms with Crippen molar-refractivity contribution in [1.82, 2.24) is 5.32 Å². The van der Waals surface area contributed by atoms with Gasteiger partial charge in [-0.3, -0.25) is 0 Å². The molecule has 0 heterocycles. The molecule has 2 rings (SSSR count). The van der Waals surface area contributed by atoms with Crippen molar-refractivity contribution < 1.29 is 5.21 Å². The third-order valence-corrected chi connectivity index (χ3v) is 3.93. The average molecular weight is 261 g/mol. The van der Waals surface area contributed by atoms with E-state index in [0.29, 0.717) is 0 Å². The summed E-state index contributed by atoms with van der Waals surface area (Å²) in [6.07, 6.45) is 5.36. The van der Waals surface area contributed by atoms with Crippen molar-refractivity contribution in [2.75, 3.05) is 13.1 Å². The highest BCUT2D eigenvalue weighted by molar-refractivity contribution is 5.87. The number of hydrogen-bond acceptors (Lipinski definition) is 3. The maximum atomic E-state index is 8.91. The van der Waals surface area contributed by atoms with Crippen LogP contribution < -0.4 is 11.1 Å². The molecule has 0 amide bonds. The van der Waals surface area contributed by atoms with Gasteiger partial charge in [0.1, 0.15) is 5.84 Å². The van der Waals surface area contributed by atoms with Crippen molar-refractivity contribution in [3.05, 3.63) is 35.9 Å². The monoisotopic (exact) mass is 261 g/mol. The molecule has 1 aromatic carbocycles. The zero-order valence-electron chi connectivity index (χ0n) is 11.3. The van der Waals surface area contributed by atoms with Crippen LogP contribution in [0.1, 0.15) is 37.2 Å². The van der Waals surface area contributed by atoms with Crippen molar-refractivity contribution in [2.45, 2.75) is 31.6 Å². The molecule has 104 valence electrons. The van der Waals surface area contributed by atoms with Crippen molar-refractivity contribution in [1.29, 1.82) is 0 Å². The third-order valence-electron chi connectivity index (χ3n) is 3.93. The van der Waals surface area contributed by atoms with Crippen LogP contribution in [0.4, 0.5) is 0 Å². The summed E-state index contributed by atoms with van der Waals surface area (Å²) >= 11 is 0. The van der Waals surface area contributed by atoms with Gasteiger partial charge in [0.15, 0.2) is 0 Å². The van der Waals surface area contributed by atoms with Crippen LogP contribution in [0.3, 0.4) is 0 Å². The maximum Gasteiger partial charge on any atom is 0.147 e. The molecule has 0 aliphatic heterocycles. The minimum Gasteiger partial charge on any atom is -0.409 e. The zero-order chi connectivity index (χ0) is 13.5. The fourth-order valence-electron chi connectivity index (χ4n) is 2.79. The quantitative estimate of drug-likeness (QED) is 0.318. The Morgan fingerprint density at radius 3 is 2.63 bits per heavy atom. The Morgan fingerprint density at radius 1 is 1.32 bits per heavy atom. The maximum absolute atomic E-state index is 8.91. The first-order valence-corrected chi connectivity index (χ1v) is 7.04. The summed E-state index contributed by atoms with van der Waals surface area (Å²) in [4.78, 5) is 0. The van der Waals surface area contributed by atoms with Crippen molar-refractivity contribution in [3.8, 4) is 0 Å². The predicted molar refractivity (Wildman–Crippen MR) is 77.4 cm³/mol. The topological polar surface area (TPSA) is 70.6 Å². The van der Waals surface area contributed by atoms with Crippen LogP contribution in [0.25, 0.3) is 0 Å². The predicted octanol–water partition coefficient (Wildman–Crippen LogP) is 2.30. The summed E-state index contributed by atoms with van der Waals surface area (Å²) in [5.74, 6) is 1.00. The number of hydrogen-bond donors (Lipinski definition) is 3. The standard InChI is InChI=1S/C15H23N3O/c16-15(18-19)14(13-8-2-1-3-9-13)11-17-10-12-6-4-5-7-12/h1-3,8-9,12,14,17,19H,4-7,10-11H2,(H2,16,18). The minimum atomic E-state index is -0.0624. The highest BCUT2D eigenvalue weighted by Gasteiger charge is 2.18. The molecule has 1 atom stereocenters. The van der Waals surface area contributed by atoms with Crippen LogP contribution in [-0.4, -0.2) is 24.1 Å². The first-order chi connectivity index (χ1) is 9.31. The average Bonchev–Trinajstić information content (AvgIpc) is 2.97. The molecule has 4 nitrogen and oxygen atoms in total. The van der Waals surface area contributed by atoms with Crippen LogP contribution in [0.2, 0.25) is 0 Å². The number of nitrogens with zero attached hydrogens (tertiary/aromatic N) is 1. The SMILES string of the molecule is NC(=NO)C(CNCC1CCCC1)c1ccccc1. The molecule has 0 spiro atoms. The second kappa shape index (κ2) is 7.14. The summed E-state index contributed by atoms with van der Waals surface area (Å²) in [5, 5.41) is 15.6. The van der Waals surface area contributed by atoms with Gasteiger partial charge >= 0.3 is 0 Å². The molecule has 1 saturated carbocycles. The molecule has 19 heavy (non-hydrogen) atoms. The number of nitrogens with two attached hydrogens (primary N) is 1. The van der Waals surface area contributed by atoms with Crippen LogP contribution in [0.15, 0.2) is 35.5 Å². The normalized spacial score (nSPS) is 18.6. The fraction of sp³-hybridized carbons (Fsp3) is 0.533. The summed E-state index contributed by atoms with van der Waals surface area (Å²) in [6.45, 7) is 1.75. The Hall–Kier alpha value is -1.55. The van der Waals surface area contributed by atoms with Crippen molar-refractivity contribution in [3.63, 3.8) is 0 Å². The smallest absolute Gasteiger partial charge is 0.147 e. The lowest BCUT2D eigenvalue weighted by atomic mass is 9.97. The Balaban J connectivity index is 1.91. The molecule has 0 aromatic heterocycles. The number of amidine groups is 1. The first kappa shape index (κ1) is 13.9. The molecule has 1 aliphatic carbocycles. The van der Waals surface area contributed by atoms with Crippen LogP contribution in [-0.2, 0) is 0 Å². The second-order valence-electron chi connectivity index (χ2n) is 5.30. The van der Waals surface area contributed by atoms with Gasteiger partial charge in [0.25, 0.3) is 0 Å². The molecule has 0 bridgehead atoms. The van der Waals surface area contributed by atoms with Gasteiger partial charge in [-0.05, 0) is 30.9 Å². The van der Waals surface area contributed by atoms with Gasteiger partial charge in [-0.15, -0.1) is 0 Å². The van der Waals surface area contributed by atoms with Gasteiger partial charge in [0.2, 0.25) is 0 Å². The van der Waals surface area contributed by atoms with E-state index < -0.39 is 0 Å². The minimum absolute atomic E-state index is 0.0624. The number of benzene rings is 1. The molecule has 1 aromatic rings. The van der Waals surface area contributed by atoms with Gasteiger partial charge in [0, 0.05) is 6.54 Å². The largest absolute Gasteiger partial charge is 0.409 e. The Labute approximate surface area is 114 Å². The van der Waals surface area contributed by atoms with Gasteiger partial charge in [0.05, 0.1) is 5.92 Å². The Morgan fingerprint density at radius 2 is 2.00 bits per heavy atom. The highest BCUT2D eigenvalue weighted by atomic mass is 16.4. The van der Waals surface area contributed by atoms with Crippen LogP contribution >= 0.6 is 0 Å². The molecule has 4 N–H and O–H groups in total. The molecule has 0 saturated heterocycles. The van der Waals surface area contributed by atoms with E-state index in [4.69, 9.17) is 10.9 Å². The summed E-state index contributed by atoms with van der Waals surface area (Å²) in [5.41, 5.74) is 6.88. The lowest BCUT2D eigenvalue weighted by molar-refractivity contribution is 0.315. The van der Waals surface area contributed by atoms with Crippen molar-refractivity contribution in [2.24, 2.45) is 16.8 Å². The van der Waals surface area contributed by atoms with E-state index in [1.54, 1.807) is 0 Å². The van der Waals surface area contributed by atoms with Crippen LogP contribution in [0, 0.1) is 5.92 Å². The highest BCUT2D eigenvalue weighted by Crippen LogP contribution is 2.24. The number of oxime groups is 1. The number of nitrogens with one attached hydrogen (secondary N) is 1. The van der Waals surface area contributed by atoms with Crippen molar-refractivity contribution >= 4 is 5.84 Å². The van der Waals surface area contributed by atoms with E-state index in [9.17, 15) is 0 Å². The summed E-state index contributed by atoms with van der Waals surface area (Å²) in [7, 11) is 0. The van der Waals surface area contributed by atoms with E-state index in [2.05, 4.69) is 10.5 Å². The Bertz CT molecular complexity index is 399. The third kappa shape index (κ3) is 3.96. The number of rotatable bonds is 6. The molecule has 1 unspecified atom stereocenters. The molecule has 4 heteroatoms. The summed E-state index contributed by atoms with van der Waals surface area (Å²) in [6, 6.07) is 9.95.